The molecular formula is C20H20F3N5O3S. The Labute approximate surface area is 182 Å². The van der Waals surface area contributed by atoms with E-state index in [9.17, 15) is 31.6 Å². The molecule has 4 rings (SSSR count). The Bertz CT molecular complexity index is 1220. The summed E-state index contributed by atoms with van der Waals surface area (Å²) in [5.41, 5.74) is -2.14. The topological polar surface area (TPSA) is 99.3 Å². The molecule has 12 heteroatoms. The van der Waals surface area contributed by atoms with Gasteiger partial charge in [-0.3, -0.25) is 9.69 Å². The number of piperazine rings is 1. The maximum atomic E-state index is 13.3. The minimum Gasteiger partial charge on any atom is -0.282 e. The summed E-state index contributed by atoms with van der Waals surface area (Å²) < 4.78 is 67.9. The SMILES string of the molecule is N#Cc1ccccc1S(=O)(=O)N1CCN(Cn2nc(C3CC3)cc(C(F)(F)F)c2=O)CC1. The van der Waals surface area contributed by atoms with Gasteiger partial charge >= 0.3 is 6.18 Å². The monoisotopic (exact) mass is 467 g/mol. The van der Waals surface area contributed by atoms with Crippen molar-refractivity contribution in [3.05, 3.63) is 57.5 Å². The Morgan fingerprint density at radius 3 is 2.38 bits per heavy atom. The summed E-state index contributed by atoms with van der Waals surface area (Å²) in [5.74, 6) is -0.0647. The van der Waals surface area contributed by atoms with Gasteiger partial charge in [0.05, 0.1) is 22.8 Å². The number of hydrogen-bond acceptors (Lipinski definition) is 6. The maximum absolute atomic E-state index is 13.3. The molecule has 0 bridgehead atoms. The van der Waals surface area contributed by atoms with Gasteiger partial charge in [-0.25, -0.2) is 13.1 Å². The van der Waals surface area contributed by atoms with Crippen LogP contribution in [0.25, 0.3) is 0 Å². The summed E-state index contributed by atoms with van der Waals surface area (Å²) in [5, 5.41) is 13.3. The quantitative estimate of drug-likeness (QED) is 0.667. The number of rotatable bonds is 5. The van der Waals surface area contributed by atoms with Crippen LogP contribution in [-0.2, 0) is 22.9 Å². The number of nitrogens with zero attached hydrogens (tertiary/aromatic N) is 5. The fourth-order valence-corrected chi connectivity index (χ4v) is 5.23. The Kier molecular flexibility index (Phi) is 5.83. The number of halogens is 3. The summed E-state index contributed by atoms with van der Waals surface area (Å²) in [4.78, 5) is 14.0. The van der Waals surface area contributed by atoms with Crippen LogP contribution in [0.4, 0.5) is 13.2 Å². The highest BCUT2D eigenvalue weighted by molar-refractivity contribution is 7.89. The van der Waals surface area contributed by atoms with Gasteiger partial charge in [-0.05, 0) is 31.0 Å². The highest BCUT2D eigenvalue weighted by atomic mass is 32.2. The van der Waals surface area contributed by atoms with Crippen molar-refractivity contribution >= 4 is 10.0 Å². The zero-order valence-electron chi connectivity index (χ0n) is 16.9. The van der Waals surface area contributed by atoms with Crippen molar-refractivity contribution in [2.24, 2.45) is 0 Å². The minimum atomic E-state index is -4.77. The standard InChI is InChI=1S/C20H20F3N5O3S/c21-20(22,23)16-11-17(14-5-6-14)25-28(19(16)29)13-26-7-9-27(10-8-26)32(30,31)18-4-2-1-3-15(18)12-24/h1-4,11,14H,5-10,13H2. The second kappa shape index (κ2) is 8.31. The van der Waals surface area contributed by atoms with Crippen molar-refractivity contribution < 1.29 is 21.6 Å². The number of nitriles is 1. The molecule has 0 atom stereocenters. The largest absolute Gasteiger partial charge is 0.421 e. The van der Waals surface area contributed by atoms with E-state index >= 15 is 0 Å². The number of sulfonamides is 1. The summed E-state index contributed by atoms with van der Waals surface area (Å²) in [6.07, 6.45) is -3.29. The molecule has 1 aromatic heterocycles. The Balaban J connectivity index is 1.51. The molecule has 1 aliphatic heterocycles. The number of benzene rings is 1. The van der Waals surface area contributed by atoms with Crippen LogP contribution in [0.2, 0.25) is 0 Å². The first kappa shape index (κ1) is 22.4. The van der Waals surface area contributed by atoms with E-state index in [4.69, 9.17) is 0 Å². The van der Waals surface area contributed by atoms with Crippen molar-refractivity contribution in [1.82, 2.24) is 19.0 Å². The summed E-state index contributed by atoms with van der Waals surface area (Å²) in [7, 11) is -3.89. The fourth-order valence-electron chi connectivity index (χ4n) is 3.66. The molecule has 2 aromatic rings. The molecule has 0 spiro atoms. The normalized spacial score (nSPS) is 18.4. The Hall–Kier alpha value is -2.75. The van der Waals surface area contributed by atoms with Crippen molar-refractivity contribution in [2.45, 2.75) is 36.5 Å². The average molecular weight is 467 g/mol. The van der Waals surface area contributed by atoms with Crippen LogP contribution in [0.15, 0.2) is 40.0 Å². The van der Waals surface area contributed by atoms with E-state index in [0.717, 1.165) is 23.6 Å². The molecule has 0 amide bonds. The predicted octanol–water partition coefficient (Wildman–Crippen LogP) is 1.98. The third kappa shape index (κ3) is 4.41. The summed E-state index contributed by atoms with van der Waals surface area (Å²) in [6.45, 7) is 0.399. The lowest BCUT2D eigenvalue weighted by molar-refractivity contribution is -0.139. The lowest BCUT2D eigenvalue weighted by atomic mass is 10.2. The van der Waals surface area contributed by atoms with Crippen LogP contribution in [0.3, 0.4) is 0 Å². The zero-order valence-corrected chi connectivity index (χ0v) is 17.7. The Morgan fingerprint density at radius 1 is 1.12 bits per heavy atom. The molecule has 1 aliphatic carbocycles. The first-order chi connectivity index (χ1) is 15.1. The molecule has 8 nitrogen and oxygen atoms in total. The maximum Gasteiger partial charge on any atom is 0.421 e. The molecule has 32 heavy (non-hydrogen) atoms. The number of aromatic nitrogens is 2. The minimum absolute atomic E-state index is 0.0438. The fraction of sp³-hybridized carbons (Fsp3) is 0.450. The predicted molar refractivity (Wildman–Crippen MR) is 107 cm³/mol. The van der Waals surface area contributed by atoms with Crippen LogP contribution in [0.1, 0.15) is 35.6 Å². The van der Waals surface area contributed by atoms with Crippen molar-refractivity contribution in [2.75, 3.05) is 26.2 Å². The van der Waals surface area contributed by atoms with Crippen LogP contribution in [0, 0.1) is 11.3 Å². The molecule has 2 aliphatic rings. The number of hydrogen-bond donors (Lipinski definition) is 0. The van der Waals surface area contributed by atoms with Gasteiger partial charge in [0.1, 0.15) is 11.6 Å². The summed E-state index contributed by atoms with van der Waals surface area (Å²) >= 11 is 0. The third-order valence-electron chi connectivity index (χ3n) is 5.58. The second-order valence-electron chi connectivity index (χ2n) is 7.83. The highest BCUT2D eigenvalue weighted by Gasteiger charge is 2.38. The van der Waals surface area contributed by atoms with E-state index in [2.05, 4.69) is 5.10 Å². The molecule has 2 heterocycles. The van der Waals surface area contributed by atoms with Crippen LogP contribution in [-0.4, -0.2) is 53.6 Å². The zero-order chi connectivity index (χ0) is 23.1. The van der Waals surface area contributed by atoms with Gasteiger partial charge in [-0.1, -0.05) is 12.1 Å². The van der Waals surface area contributed by atoms with Gasteiger partial charge in [0, 0.05) is 32.1 Å². The molecule has 1 saturated heterocycles. The molecule has 0 radical (unpaired) electrons. The third-order valence-corrected chi connectivity index (χ3v) is 7.54. The Morgan fingerprint density at radius 2 is 1.78 bits per heavy atom. The molecule has 0 N–H and O–H groups in total. The lowest BCUT2D eigenvalue weighted by Crippen LogP contribution is -2.50. The van der Waals surface area contributed by atoms with Crippen molar-refractivity contribution in [1.29, 1.82) is 5.26 Å². The molecular weight excluding hydrogens is 447 g/mol. The van der Waals surface area contributed by atoms with Gasteiger partial charge < -0.3 is 0 Å². The van der Waals surface area contributed by atoms with Gasteiger partial charge in [0.25, 0.3) is 5.56 Å². The van der Waals surface area contributed by atoms with E-state index in [1.165, 1.54) is 22.5 Å². The number of alkyl halides is 3. The van der Waals surface area contributed by atoms with E-state index in [1.807, 2.05) is 6.07 Å². The molecule has 0 unspecified atom stereocenters. The van der Waals surface area contributed by atoms with E-state index in [0.29, 0.717) is 0 Å². The second-order valence-corrected chi connectivity index (χ2v) is 9.74. The van der Waals surface area contributed by atoms with Crippen molar-refractivity contribution in [3.63, 3.8) is 0 Å². The smallest absolute Gasteiger partial charge is 0.282 e. The van der Waals surface area contributed by atoms with Gasteiger partial charge in [0.15, 0.2) is 0 Å². The molecule has 1 saturated carbocycles. The molecule has 170 valence electrons. The van der Waals surface area contributed by atoms with Crippen LogP contribution < -0.4 is 5.56 Å². The summed E-state index contributed by atoms with van der Waals surface area (Å²) in [6, 6.07) is 8.61. The first-order valence-corrected chi connectivity index (χ1v) is 11.5. The van der Waals surface area contributed by atoms with E-state index < -0.39 is 27.3 Å². The van der Waals surface area contributed by atoms with E-state index in [1.54, 1.807) is 11.0 Å². The first-order valence-electron chi connectivity index (χ1n) is 10.0. The van der Waals surface area contributed by atoms with Gasteiger partial charge in [-0.2, -0.15) is 27.8 Å². The highest BCUT2D eigenvalue weighted by Crippen LogP contribution is 2.40. The average Bonchev–Trinajstić information content (AvgIpc) is 3.60. The lowest BCUT2D eigenvalue weighted by Gasteiger charge is -2.34. The molecule has 1 aromatic carbocycles. The van der Waals surface area contributed by atoms with Gasteiger partial charge in [-0.15, -0.1) is 0 Å². The van der Waals surface area contributed by atoms with Crippen LogP contribution >= 0.6 is 0 Å². The van der Waals surface area contributed by atoms with E-state index in [-0.39, 0.29) is 54.9 Å². The van der Waals surface area contributed by atoms with Gasteiger partial charge in [0.2, 0.25) is 10.0 Å². The molecule has 2 fully saturated rings. The van der Waals surface area contributed by atoms with Crippen LogP contribution in [0.5, 0.6) is 0 Å². The van der Waals surface area contributed by atoms with Crippen molar-refractivity contribution in [3.8, 4) is 6.07 Å².